The summed E-state index contributed by atoms with van der Waals surface area (Å²) in [4.78, 5) is 39.2. The highest BCUT2D eigenvalue weighted by molar-refractivity contribution is 5.92. The van der Waals surface area contributed by atoms with Gasteiger partial charge < -0.3 is 20.1 Å². The number of carbonyl (C=O) groups excluding carboxylic acids is 2. The van der Waals surface area contributed by atoms with Gasteiger partial charge in [0.1, 0.15) is 18.2 Å². The summed E-state index contributed by atoms with van der Waals surface area (Å²) in [5.41, 5.74) is 3.30. The van der Waals surface area contributed by atoms with Crippen molar-refractivity contribution in [1.29, 1.82) is 0 Å². The number of carbonyl (C=O) groups is 3. The van der Waals surface area contributed by atoms with Crippen molar-refractivity contribution >= 4 is 18.0 Å². The molecule has 2 aromatic carbocycles. The molecule has 0 saturated carbocycles. The fourth-order valence-corrected chi connectivity index (χ4v) is 5.25. The lowest BCUT2D eigenvalue weighted by molar-refractivity contribution is -0.157. The average Bonchev–Trinajstić information content (AvgIpc) is 3.41. The Hall–Kier alpha value is -3.35. The first-order valence-electron chi connectivity index (χ1n) is 11.6. The molecule has 1 unspecified atom stereocenters. The van der Waals surface area contributed by atoms with Gasteiger partial charge in [0.05, 0.1) is 0 Å². The van der Waals surface area contributed by atoms with E-state index in [1.54, 1.807) is 13.8 Å². The van der Waals surface area contributed by atoms with Crippen molar-refractivity contribution in [3.63, 3.8) is 0 Å². The fraction of sp³-hybridized carbons (Fsp3) is 0.423. The van der Waals surface area contributed by atoms with Crippen LogP contribution >= 0.6 is 0 Å². The first-order chi connectivity index (χ1) is 15.9. The Bertz CT molecular complexity index is 1020. The van der Waals surface area contributed by atoms with Gasteiger partial charge in [-0.1, -0.05) is 62.4 Å². The third-order valence-electron chi connectivity index (χ3n) is 7.08. The number of benzene rings is 2. The van der Waals surface area contributed by atoms with Gasteiger partial charge >= 0.3 is 12.1 Å². The number of hydrogen-bond donors (Lipinski definition) is 2. The molecule has 1 saturated heterocycles. The molecule has 1 aliphatic heterocycles. The minimum absolute atomic E-state index is 0.0720. The van der Waals surface area contributed by atoms with E-state index in [-0.39, 0.29) is 18.4 Å². The number of carboxylic acid groups (broad SMARTS) is 1. The highest BCUT2D eigenvalue weighted by Gasteiger charge is 2.49. The van der Waals surface area contributed by atoms with Crippen molar-refractivity contribution in [2.75, 3.05) is 13.2 Å². The number of carboxylic acids is 1. The van der Waals surface area contributed by atoms with Crippen LogP contribution in [0.3, 0.4) is 0 Å². The maximum absolute atomic E-state index is 13.2. The highest BCUT2D eigenvalue weighted by atomic mass is 16.5. The largest absolute Gasteiger partial charge is 0.479 e. The summed E-state index contributed by atoms with van der Waals surface area (Å²) in [6, 6.07) is 15.3. The Kier molecular flexibility index (Phi) is 6.40. The minimum atomic E-state index is -1.20. The summed E-state index contributed by atoms with van der Waals surface area (Å²) in [6.07, 6.45) is 1.06. The normalized spacial score (nSPS) is 20.1. The SMILES string of the molecule is CC[C@H](NC(=O)OCC1c2ccccc2-c2ccccc21)C(=O)N1CCCC1(CC)C(=O)O. The lowest BCUT2D eigenvalue weighted by Gasteiger charge is -2.36. The van der Waals surface area contributed by atoms with Crippen molar-refractivity contribution in [2.45, 2.75) is 57.0 Å². The number of rotatable bonds is 7. The molecule has 174 valence electrons. The molecule has 4 rings (SSSR count). The van der Waals surface area contributed by atoms with Gasteiger partial charge in [0.15, 0.2) is 0 Å². The van der Waals surface area contributed by atoms with Crippen LogP contribution in [0.25, 0.3) is 11.1 Å². The van der Waals surface area contributed by atoms with Gasteiger partial charge in [-0.15, -0.1) is 0 Å². The van der Waals surface area contributed by atoms with E-state index in [0.717, 1.165) is 22.3 Å². The molecule has 2 N–H and O–H groups in total. The number of nitrogens with one attached hydrogen (secondary N) is 1. The number of amides is 2. The summed E-state index contributed by atoms with van der Waals surface area (Å²) in [5, 5.41) is 12.4. The van der Waals surface area contributed by atoms with Crippen LogP contribution in [-0.4, -0.2) is 52.7 Å². The Morgan fingerprint density at radius 3 is 2.24 bits per heavy atom. The third-order valence-corrected chi connectivity index (χ3v) is 7.08. The van der Waals surface area contributed by atoms with Gasteiger partial charge in [-0.3, -0.25) is 4.79 Å². The number of likely N-dealkylation sites (tertiary alicyclic amines) is 1. The average molecular weight is 451 g/mol. The van der Waals surface area contributed by atoms with E-state index in [2.05, 4.69) is 17.4 Å². The van der Waals surface area contributed by atoms with Crippen molar-refractivity contribution < 1.29 is 24.2 Å². The van der Waals surface area contributed by atoms with E-state index in [9.17, 15) is 19.5 Å². The fourth-order valence-electron chi connectivity index (χ4n) is 5.25. The van der Waals surface area contributed by atoms with E-state index in [4.69, 9.17) is 4.74 Å². The Balaban J connectivity index is 1.43. The second-order valence-corrected chi connectivity index (χ2v) is 8.71. The lowest BCUT2D eigenvalue weighted by Crippen LogP contribution is -2.58. The van der Waals surface area contributed by atoms with Crippen molar-refractivity contribution in [1.82, 2.24) is 10.2 Å². The smallest absolute Gasteiger partial charge is 0.407 e. The van der Waals surface area contributed by atoms with Gasteiger partial charge in [-0.2, -0.15) is 0 Å². The minimum Gasteiger partial charge on any atom is -0.479 e. The van der Waals surface area contributed by atoms with E-state index in [1.807, 2.05) is 36.4 Å². The third kappa shape index (κ3) is 3.96. The topological polar surface area (TPSA) is 95.9 Å². The molecule has 0 bridgehead atoms. The van der Waals surface area contributed by atoms with Gasteiger partial charge in [-0.05, 0) is 47.9 Å². The van der Waals surface area contributed by atoms with Crippen LogP contribution in [0.2, 0.25) is 0 Å². The number of fused-ring (bicyclic) bond motifs is 3. The molecule has 7 heteroatoms. The summed E-state index contributed by atoms with van der Waals surface area (Å²) in [5.74, 6) is -1.43. The zero-order valence-corrected chi connectivity index (χ0v) is 19.0. The molecule has 0 aromatic heterocycles. The molecular weight excluding hydrogens is 420 g/mol. The van der Waals surface area contributed by atoms with Crippen LogP contribution in [0.1, 0.15) is 56.6 Å². The molecular formula is C26H30N2O5. The van der Waals surface area contributed by atoms with E-state index >= 15 is 0 Å². The van der Waals surface area contributed by atoms with Crippen molar-refractivity contribution in [3.8, 4) is 11.1 Å². The first-order valence-corrected chi connectivity index (χ1v) is 11.6. The standard InChI is InChI=1S/C26H30N2O5/c1-3-22(23(29)28-15-9-14-26(28,4-2)24(30)31)27-25(32)33-16-21-19-12-7-5-10-17(19)18-11-6-8-13-20(18)21/h5-8,10-13,21-22H,3-4,9,14-16H2,1-2H3,(H,27,32)(H,30,31)/t22-,26?/m0/s1. The maximum Gasteiger partial charge on any atom is 0.407 e. The molecule has 2 aromatic rings. The predicted molar refractivity (Wildman–Crippen MR) is 124 cm³/mol. The van der Waals surface area contributed by atoms with Gasteiger partial charge in [0, 0.05) is 12.5 Å². The van der Waals surface area contributed by atoms with Crippen LogP contribution in [0.15, 0.2) is 48.5 Å². The van der Waals surface area contributed by atoms with Gasteiger partial charge in [-0.25, -0.2) is 9.59 Å². The van der Waals surface area contributed by atoms with Crippen molar-refractivity contribution in [3.05, 3.63) is 59.7 Å². The Morgan fingerprint density at radius 2 is 1.70 bits per heavy atom. The Morgan fingerprint density at radius 1 is 1.09 bits per heavy atom. The van der Waals surface area contributed by atoms with E-state index in [0.29, 0.717) is 32.2 Å². The highest BCUT2D eigenvalue weighted by Crippen LogP contribution is 2.44. The van der Waals surface area contributed by atoms with Crippen LogP contribution in [0.5, 0.6) is 0 Å². The first kappa shape index (κ1) is 22.8. The van der Waals surface area contributed by atoms with Crippen LogP contribution in [0.4, 0.5) is 4.79 Å². The molecule has 2 atom stereocenters. The van der Waals surface area contributed by atoms with Crippen LogP contribution in [-0.2, 0) is 14.3 Å². The second kappa shape index (κ2) is 9.25. The quantitative estimate of drug-likeness (QED) is 0.660. The molecule has 2 aliphatic rings. The molecule has 7 nitrogen and oxygen atoms in total. The predicted octanol–water partition coefficient (Wildman–Crippen LogP) is 4.16. The molecule has 0 spiro atoms. The van der Waals surface area contributed by atoms with Gasteiger partial charge in [0.2, 0.25) is 5.91 Å². The molecule has 33 heavy (non-hydrogen) atoms. The number of hydrogen-bond acceptors (Lipinski definition) is 4. The van der Waals surface area contributed by atoms with E-state index < -0.39 is 23.6 Å². The Labute approximate surface area is 193 Å². The zero-order valence-electron chi connectivity index (χ0n) is 19.0. The van der Waals surface area contributed by atoms with Gasteiger partial charge in [0.25, 0.3) is 0 Å². The second-order valence-electron chi connectivity index (χ2n) is 8.71. The molecule has 1 fully saturated rings. The monoisotopic (exact) mass is 450 g/mol. The molecule has 2 amide bonds. The summed E-state index contributed by atoms with van der Waals surface area (Å²) in [7, 11) is 0. The van der Waals surface area contributed by atoms with E-state index in [1.165, 1.54) is 4.90 Å². The summed E-state index contributed by atoms with van der Waals surface area (Å²) >= 11 is 0. The maximum atomic E-state index is 13.2. The van der Waals surface area contributed by atoms with Crippen LogP contribution < -0.4 is 5.32 Å². The molecule has 0 radical (unpaired) electrons. The summed E-state index contributed by atoms with van der Waals surface area (Å²) in [6.45, 7) is 4.10. The summed E-state index contributed by atoms with van der Waals surface area (Å²) < 4.78 is 5.57. The lowest BCUT2D eigenvalue weighted by atomic mass is 9.92. The number of ether oxygens (including phenoxy) is 1. The molecule has 1 aliphatic carbocycles. The number of nitrogens with zero attached hydrogens (tertiary/aromatic N) is 1. The van der Waals surface area contributed by atoms with Crippen molar-refractivity contribution in [2.24, 2.45) is 0 Å². The van der Waals surface area contributed by atoms with Crippen LogP contribution in [0, 0.1) is 0 Å². The molecule has 1 heterocycles. The number of aliphatic carboxylic acids is 1. The zero-order chi connectivity index (χ0) is 23.6. The number of alkyl carbamates (subject to hydrolysis) is 1.